The summed E-state index contributed by atoms with van der Waals surface area (Å²) < 4.78 is 7.40. The lowest BCUT2D eigenvalue weighted by Gasteiger charge is -2.04. The van der Waals surface area contributed by atoms with Crippen LogP contribution in [0.15, 0.2) is 35.0 Å². The van der Waals surface area contributed by atoms with E-state index in [2.05, 4.69) is 57.4 Å². The highest BCUT2D eigenvalue weighted by Gasteiger charge is 2.08. The van der Waals surface area contributed by atoms with Gasteiger partial charge in [0.15, 0.2) is 5.82 Å². The van der Waals surface area contributed by atoms with Gasteiger partial charge in [0, 0.05) is 24.7 Å². The van der Waals surface area contributed by atoms with Gasteiger partial charge in [-0.1, -0.05) is 25.1 Å². The summed E-state index contributed by atoms with van der Waals surface area (Å²) in [5, 5.41) is 8.52. The van der Waals surface area contributed by atoms with Gasteiger partial charge in [-0.3, -0.25) is 0 Å². The van der Waals surface area contributed by atoms with E-state index in [1.807, 2.05) is 6.92 Å². The third-order valence-corrected chi connectivity index (χ3v) is 3.55. The quantitative estimate of drug-likeness (QED) is 0.756. The van der Waals surface area contributed by atoms with E-state index in [-0.39, 0.29) is 0 Å². The van der Waals surface area contributed by atoms with Crippen molar-refractivity contribution in [1.82, 2.24) is 20.0 Å². The molecule has 0 aliphatic carbocycles. The fraction of sp³-hybridized carbons (Fsp3) is 0.375. The predicted molar refractivity (Wildman–Crippen MR) is 82.1 cm³/mol. The second-order valence-electron chi connectivity index (χ2n) is 5.08. The number of hydrogen-bond donors (Lipinski definition) is 1. The molecule has 2 heterocycles. The maximum absolute atomic E-state index is 5.26. The molecule has 0 spiro atoms. The van der Waals surface area contributed by atoms with Crippen molar-refractivity contribution in [3.63, 3.8) is 0 Å². The van der Waals surface area contributed by atoms with Crippen molar-refractivity contribution in [2.45, 2.75) is 33.4 Å². The number of aromatic nitrogens is 3. The third-order valence-electron chi connectivity index (χ3n) is 3.55. The van der Waals surface area contributed by atoms with Gasteiger partial charge in [-0.25, -0.2) is 0 Å². The highest BCUT2D eigenvalue weighted by molar-refractivity contribution is 5.80. The van der Waals surface area contributed by atoms with Crippen LogP contribution in [0.4, 0.5) is 0 Å². The van der Waals surface area contributed by atoms with E-state index in [1.165, 1.54) is 16.5 Å². The summed E-state index contributed by atoms with van der Waals surface area (Å²) in [7, 11) is 0. The van der Waals surface area contributed by atoms with E-state index in [4.69, 9.17) is 4.52 Å². The molecule has 0 saturated heterocycles. The number of nitrogens with one attached hydrogen (secondary N) is 1. The molecular formula is C16H20N4O. The maximum Gasteiger partial charge on any atom is 0.246 e. The van der Waals surface area contributed by atoms with Crippen molar-refractivity contribution in [1.29, 1.82) is 0 Å². The number of aryl methyl sites for hydroxylation is 1. The van der Waals surface area contributed by atoms with Crippen LogP contribution in [0.5, 0.6) is 0 Å². The molecule has 0 fully saturated rings. The van der Waals surface area contributed by atoms with E-state index in [0.717, 1.165) is 25.3 Å². The van der Waals surface area contributed by atoms with Crippen molar-refractivity contribution >= 4 is 10.9 Å². The molecule has 0 unspecified atom stereocenters. The van der Waals surface area contributed by atoms with Gasteiger partial charge in [0.1, 0.15) is 6.54 Å². The standard InChI is InChI=1S/C16H20N4O/c1-3-15-18-16(21-19-15)11-20-8-7-13-9-12(10-17-4-2)5-6-14(13)20/h5-9,17H,3-4,10-11H2,1-2H3. The first kappa shape index (κ1) is 13.8. The molecule has 5 heteroatoms. The van der Waals surface area contributed by atoms with E-state index < -0.39 is 0 Å². The average Bonchev–Trinajstić information content (AvgIpc) is 3.12. The normalized spacial score (nSPS) is 11.3. The summed E-state index contributed by atoms with van der Waals surface area (Å²) in [5.74, 6) is 1.41. The van der Waals surface area contributed by atoms with Crippen molar-refractivity contribution < 1.29 is 4.52 Å². The van der Waals surface area contributed by atoms with Crippen LogP contribution in [0.2, 0.25) is 0 Å². The van der Waals surface area contributed by atoms with Gasteiger partial charge in [0.25, 0.3) is 0 Å². The molecule has 3 aromatic rings. The number of benzene rings is 1. The van der Waals surface area contributed by atoms with Gasteiger partial charge >= 0.3 is 0 Å². The largest absolute Gasteiger partial charge is 0.338 e. The summed E-state index contributed by atoms with van der Waals surface area (Å²) in [6, 6.07) is 8.66. The first-order valence-electron chi connectivity index (χ1n) is 7.40. The smallest absolute Gasteiger partial charge is 0.246 e. The summed E-state index contributed by atoms with van der Waals surface area (Å²) in [6.07, 6.45) is 2.86. The molecule has 21 heavy (non-hydrogen) atoms. The van der Waals surface area contributed by atoms with Gasteiger partial charge in [0.2, 0.25) is 5.89 Å². The number of rotatable bonds is 6. The SMILES string of the molecule is CCNCc1ccc2c(ccn2Cc2nc(CC)no2)c1. The van der Waals surface area contributed by atoms with Crippen molar-refractivity contribution in [3.8, 4) is 0 Å². The first-order chi connectivity index (χ1) is 10.3. The predicted octanol–water partition coefficient (Wildman–Crippen LogP) is 2.74. The Kier molecular flexibility index (Phi) is 4.01. The second kappa shape index (κ2) is 6.10. The van der Waals surface area contributed by atoms with Crippen LogP contribution >= 0.6 is 0 Å². The zero-order chi connectivity index (χ0) is 14.7. The Morgan fingerprint density at radius 3 is 2.90 bits per heavy atom. The molecule has 0 aliphatic heterocycles. The summed E-state index contributed by atoms with van der Waals surface area (Å²) in [4.78, 5) is 4.36. The molecule has 0 radical (unpaired) electrons. The summed E-state index contributed by atoms with van der Waals surface area (Å²) in [5.41, 5.74) is 2.49. The monoisotopic (exact) mass is 284 g/mol. The third kappa shape index (κ3) is 2.97. The van der Waals surface area contributed by atoms with Crippen LogP contribution in [-0.2, 0) is 19.5 Å². The Morgan fingerprint density at radius 2 is 2.14 bits per heavy atom. The van der Waals surface area contributed by atoms with Crippen LogP contribution in [-0.4, -0.2) is 21.3 Å². The van der Waals surface area contributed by atoms with Gasteiger partial charge in [-0.15, -0.1) is 0 Å². The fourth-order valence-corrected chi connectivity index (χ4v) is 2.41. The Hall–Kier alpha value is -2.14. The lowest BCUT2D eigenvalue weighted by Crippen LogP contribution is -2.11. The first-order valence-corrected chi connectivity index (χ1v) is 7.40. The molecule has 0 amide bonds. The Morgan fingerprint density at radius 1 is 1.24 bits per heavy atom. The van der Waals surface area contributed by atoms with Crippen LogP contribution in [0.25, 0.3) is 10.9 Å². The summed E-state index contributed by atoms with van der Waals surface area (Å²) >= 11 is 0. The molecular weight excluding hydrogens is 264 g/mol. The Labute approximate surface area is 124 Å². The molecule has 1 N–H and O–H groups in total. The van der Waals surface area contributed by atoms with Crippen LogP contribution in [0, 0.1) is 0 Å². The van der Waals surface area contributed by atoms with Gasteiger partial charge < -0.3 is 14.4 Å². The molecule has 0 bridgehead atoms. The second-order valence-corrected chi connectivity index (χ2v) is 5.08. The zero-order valence-corrected chi connectivity index (χ0v) is 12.5. The van der Waals surface area contributed by atoms with E-state index in [0.29, 0.717) is 12.4 Å². The molecule has 5 nitrogen and oxygen atoms in total. The topological polar surface area (TPSA) is 55.9 Å². The van der Waals surface area contributed by atoms with Gasteiger partial charge in [-0.2, -0.15) is 4.98 Å². The highest BCUT2D eigenvalue weighted by atomic mass is 16.5. The highest BCUT2D eigenvalue weighted by Crippen LogP contribution is 2.19. The van der Waals surface area contributed by atoms with Crippen LogP contribution in [0.3, 0.4) is 0 Å². The molecule has 0 aliphatic rings. The van der Waals surface area contributed by atoms with Crippen LogP contribution in [0.1, 0.15) is 31.1 Å². The lowest BCUT2D eigenvalue weighted by atomic mass is 10.1. The number of fused-ring (bicyclic) bond motifs is 1. The van der Waals surface area contributed by atoms with E-state index >= 15 is 0 Å². The van der Waals surface area contributed by atoms with Crippen molar-refractivity contribution in [2.75, 3.05) is 6.54 Å². The molecule has 110 valence electrons. The van der Waals surface area contributed by atoms with Crippen LogP contribution < -0.4 is 5.32 Å². The fourth-order valence-electron chi connectivity index (χ4n) is 2.41. The number of nitrogens with zero attached hydrogens (tertiary/aromatic N) is 3. The minimum atomic E-state index is 0.614. The van der Waals surface area contributed by atoms with Gasteiger partial charge in [0.05, 0.1) is 0 Å². The van der Waals surface area contributed by atoms with E-state index in [9.17, 15) is 0 Å². The zero-order valence-electron chi connectivity index (χ0n) is 12.5. The van der Waals surface area contributed by atoms with Crippen molar-refractivity contribution in [3.05, 3.63) is 47.7 Å². The van der Waals surface area contributed by atoms with E-state index in [1.54, 1.807) is 0 Å². The lowest BCUT2D eigenvalue weighted by molar-refractivity contribution is 0.368. The Balaban J connectivity index is 1.82. The molecule has 1 aromatic carbocycles. The molecule has 0 atom stereocenters. The number of hydrogen-bond acceptors (Lipinski definition) is 4. The minimum Gasteiger partial charge on any atom is -0.338 e. The molecule has 2 aromatic heterocycles. The minimum absolute atomic E-state index is 0.614. The molecule has 0 saturated carbocycles. The Bertz CT molecular complexity index is 729. The van der Waals surface area contributed by atoms with Crippen molar-refractivity contribution in [2.24, 2.45) is 0 Å². The van der Waals surface area contributed by atoms with Gasteiger partial charge in [-0.05, 0) is 35.7 Å². The average molecular weight is 284 g/mol. The maximum atomic E-state index is 5.26. The summed E-state index contributed by atoms with van der Waals surface area (Å²) in [6.45, 7) is 6.63. The molecule has 3 rings (SSSR count).